The third-order valence-corrected chi connectivity index (χ3v) is 5.20. The van der Waals surface area contributed by atoms with Gasteiger partial charge in [0.15, 0.2) is 0 Å². The van der Waals surface area contributed by atoms with Crippen LogP contribution in [0.15, 0.2) is 24.3 Å². The van der Waals surface area contributed by atoms with Crippen LogP contribution in [0.2, 0.25) is 0 Å². The summed E-state index contributed by atoms with van der Waals surface area (Å²) in [6.07, 6.45) is 1.81. The largest absolute Gasteiger partial charge is 0.366 e. The van der Waals surface area contributed by atoms with Crippen molar-refractivity contribution >= 4 is 11.8 Å². The highest BCUT2D eigenvalue weighted by molar-refractivity contribution is 5.96. The van der Waals surface area contributed by atoms with Crippen LogP contribution in [0.3, 0.4) is 0 Å². The fraction of sp³-hybridized carbons (Fsp3) is 0.450. The lowest BCUT2D eigenvalue weighted by molar-refractivity contribution is 0.0785. The second-order valence-corrected chi connectivity index (χ2v) is 7.04. The van der Waals surface area contributed by atoms with Gasteiger partial charge in [0.2, 0.25) is 5.91 Å². The molecule has 6 heteroatoms. The average molecular weight is 354 g/mol. The van der Waals surface area contributed by atoms with Crippen LogP contribution in [0.5, 0.6) is 0 Å². The van der Waals surface area contributed by atoms with E-state index in [0.29, 0.717) is 11.5 Å². The first-order chi connectivity index (χ1) is 12.4. The van der Waals surface area contributed by atoms with Gasteiger partial charge in [-0.15, -0.1) is 0 Å². The number of aryl methyl sites for hydroxylation is 2. The van der Waals surface area contributed by atoms with Crippen LogP contribution in [-0.4, -0.2) is 39.6 Å². The van der Waals surface area contributed by atoms with E-state index in [-0.39, 0.29) is 5.91 Å². The first kappa shape index (κ1) is 18.2. The molecule has 1 fully saturated rings. The minimum atomic E-state index is -0.408. The Morgan fingerprint density at radius 2 is 2.08 bits per heavy atom. The Bertz CT molecular complexity index is 840. The predicted octanol–water partition coefficient (Wildman–Crippen LogP) is 2.32. The van der Waals surface area contributed by atoms with Gasteiger partial charge in [0, 0.05) is 30.9 Å². The quantitative estimate of drug-likeness (QED) is 0.895. The fourth-order valence-electron chi connectivity index (χ4n) is 3.84. The van der Waals surface area contributed by atoms with E-state index in [1.54, 1.807) is 6.07 Å². The molecule has 0 spiro atoms. The monoisotopic (exact) mass is 354 g/mol. The number of benzene rings is 1. The second kappa shape index (κ2) is 7.32. The molecule has 1 aliphatic heterocycles. The Hall–Kier alpha value is -2.63. The highest BCUT2D eigenvalue weighted by Crippen LogP contribution is 2.25. The summed E-state index contributed by atoms with van der Waals surface area (Å²) in [5.41, 5.74) is 9.46. The van der Waals surface area contributed by atoms with Gasteiger partial charge in [0.1, 0.15) is 0 Å². The van der Waals surface area contributed by atoms with Gasteiger partial charge in [-0.1, -0.05) is 12.1 Å². The lowest BCUT2D eigenvalue weighted by Crippen LogP contribution is -2.29. The van der Waals surface area contributed by atoms with Crippen LogP contribution in [0.4, 0.5) is 0 Å². The summed E-state index contributed by atoms with van der Waals surface area (Å²) in [6.45, 7) is 8.14. The van der Waals surface area contributed by atoms with E-state index in [1.807, 2.05) is 48.6 Å². The van der Waals surface area contributed by atoms with Crippen molar-refractivity contribution < 1.29 is 9.59 Å². The lowest BCUT2D eigenvalue weighted by Gasteiger charge is -2.17. The number of carbonyl (C=O) groups is 2. The smallest absolute Gasteiger partial charge is 0.257 e. The number of nitrogens with two attached hydrogens (primary N) is 1. The molecule has 0 bridgehead atoms. The van der Waals surface area contributed by atoms with Crippen molar-refractivity contribution in [2.45, 2.75) is 40.2 Å². The molecule has 1 aliphatic rings. The Morgan fingerprint density at radius 3 is 2.73 bits per heavy atom. The summed E-state index contributed by atoms with van der Waals surface area (Å²) in [5, 5.41) is 4.46. The molecular formula is C20H26N4O2. The van der Waals surface area contributed by atoms with Crippen LogP contribution in [-0.2, 0) is 13.0 Å². The normalized spacial score (nSPS) is 16.9. The molecule has 1 aromatic heterocycles. The zero-order valence-corrected chi connectivity index (χ0v) is 15.7. The summed E-state index contributed by atoms with van der Waals surface area (Å²) in [4.78, 5) is 26.2. The van der Waals surface area contributed by atoms with Crippen molar-refractivity contribution in [2.24, 2.45) is 11.7 Å². The second-order valence-electron chi connectivity index (χ2n) is 7.04. The van der Waals surface area contributed by atoms with Gasteiger partial charge in [0.05, 0.1) is 11.3 Å². The zero-order chi connectivity index (χ0) is 18.8. The highest BCUT2D eigenvalue weighted by atomic mass is 16.2. The molecule has 0 saturated carbocycles. The van der Waals surface area contributed by atoms with Crippen molar-refractivity contribution in [1.29, 1.82) is 0 Å². The molecule has 2 amide bonds. The van der Waals surface area contributed by atoms with Gasteiger partial charge >= 0.3 is 0 Å². The molecular weight excluding hydrogens is 328 g/mol. The van der Waals surface area contributed by atoms with Crippen molar-refractivity contribution in [3.05, 3.63) is 52.3 Å². The van der Waals surface area contributed by atoms with Gasteiger partial charge in [-0.05, 0) is 57.2 Å². The number of primary amides is 1. The summed E-state index contributed by atoms with van der Waals surface area (Å²) >= 11 is 0. The molecule has 6 nitrogen and oxygen atoms in total. The van der Waals surface area contributed by atoms with Crippen LogP contribution in [0, 0.1) is 19.8 Å². The summed E-state index contributed by atoms with van der Waals surface area (Å²) < 4.78 is 1.88. The predicted molar refractivity (Wildman–Crippen MR) is 100 cm³/mol. The van der Waals surface area contributed by atoms with E-state index in [4.69, 9.17) is 5.73 Å². The van der Waals surface area contributed by atoms with E-state index in [1.165, 1.54) is 0 Å². The van der Waals surface area contributed by atoms with E-state index in [9.17, 15) is 9.59 Å². The third-order valence-electron chi connectivity index (χ3n) is 5.20. The van der Waals surface area contributed by atoms with E-state index >= 15 is 0 Å². The Labute approximate surface area is 154 Å². The number of likely N-dealkylation sites (tertiary alicyclic amines) is 1. The Morgan fingerprint density at radius 1 is 1.31 bits per heavy atom. The van der Waals surface area contributed by atoms with Crippen molar-refractivity contribution in [3.63, 3.8) is 0 Å². The molecule has 2 heterocycles. The fourth-order valence-corrected chi connectivity index (χ4v) is 3.84. The molecule has 1 unspecified atom stereocenters. The molecule has 2 N–H and O–H groups in total. The molecule has 1 atom stereocenters. The first-order valence-electron chi connectivity index (χ1n) is 9.12. The van der Waals surface area contributed by atoms with Crippen molar-refractivity contribution in [1.82, 2.24) is 14.7 Å². The average Bonchev–Trinajstić information content (AvgIpc) is 3.19. The number of amides is 2. The van der Waals surface area contributed by atoms with Crippen molar-refractivity contribution in [3.8, 4) is 0 Å². The zero-order valence-electron chi connectivity index (χ0n) is 15.7. The van der Waals surface area contributed by atoms with Crippen molar-refractivity contribution in [2.75, 3.05) is 13.1 Å². The molecule has 0 radical (unpaired) electrons. The number of hydrogen-bond donors (Lipinski definition) is 1. The van der Waals surface area contributed by atoms with Gasteiger partial charge in [-0.2, -0.15) is 5.10 Å². The maximum Gasteiger partial charge on any atom is 0.257 e. The highest BCUT2D eigenvalue weighted by Gasteiger charge is 2.30. The van der Waals surface area contributed by atoms with E-state index < -0.39 is 5.91 Å². The molecule has 0 aliphatic carbocycles. The minimum absolute atomic E-state index is 0.0769. The number of aromatic nitrogens is 2. The Balaban J connectivity index is 1.69. The van der Waals surface area contributed by atoms with Crippen LogP contribution >= 0.6 is 0 Å². The molecule has 1 saturated heterocycles. The number of rotatable bonds is 5. The number of nitrogens with zero attached hydrogens (tertiary/aromatic N) is 3. The van der Waals surface area contributed by atoms with Gasteiger partial charge in [0.25, 0.3) is 5.91 Å². The molecule has 26 heavy (non-hydrogen) atoms. The van der Waals surface area contributed by atoms with E-state index in [0.717, 1.165) is 55.0 Å². The topological polar surface area (TPSA) is 81.2 Å². The summed E-state index contributed by atoms with van der Waals surface area (Å²) in [6, 6.07) is 7.45. The third kappa shape index (κ3) is 3.49. The van der Waals surface area contributed by atoms with Crippen LogP contribution in [0.1, 0.15) is 51.0 Å². The van der Waals surface area contributed by atoms with Gasteiger partial charge in [-0.25, -0.2) is 0 Å². The standard InChI is InChI=1S/C20H26N4O2/c1-4-24-14(3)18(13(2)22-24)20(26)23-9-8-16(12-23)10-15-6-5-7-17(11-15)19(21)25/h5-7,11,16H,4,8-10,12H2,1-3H3,(H2,21,25). The molecule has 2 aromatic rings. The SMILES string of the molecule is CCn1nc(C)c(C(=O)N2CCC(Cc3cccc(C(N)=O)c3)C2)c1C. The van der Waals surface area contributed by atoms with Crippen LogP contribution < -0.4 is 5.73 Å². The first-order valence-corrected chi connectivity index (χ1v) is 9.12. The molecule has 3 rings (SSSR count). The van der Waals surface area contributed by atoms with Gasteiger partial charge < -0.3 is 10.6 Å². The summed E-state index contributed by atoms with van der Waals surface area (Å²) in [5.74, 6) is 0.0611. The van der Waals surface area contributed by atoms with Gasteiger partial charge in [-0.3, -0.25) is 14.3 Å². The maximum atomic E-state index is 13.0. The summed E-state index contributed by atoms with van der Waals surface area (Å²) in [7, 11) is 0. The van der Waals surface area contributed by atoms with Crippen LogP contribution in [0.25, 0.3) is 0 Å². The van der Waals surface area contributed by atoms with E-state index in [2.05, 4.69) is 5.10 Å². The number of carbonyl (C=O) groups excluding carboxylic acids is 2. The molecule has 138 valence electrons. The Kier molecular flexibility index (Phi) is 5.11. The number of hydrogen-bond acceptors (Lipinski definition) is 3. The molecule has 1 aromatic carbocycles. The minimum Gasteiger partial charge on any atom is -0.366 e. The maximum absolute atomic E-state index is 13.0. The lowest BCUT2D eigenvalue weighted by atomic mass is 9.97.